The van der Waals surface area contributed by atoms with Gasteiger partial charge in [0.1, 0.15) is 5.56 Å². The second-order valence-corrected chi connectivity index (χ2v) is 5.90. The van der Waals surface area contributed by atoms with Crippen molar-refractivity contribution in [2.24, 2.45) is 0 Å². The molecule has 1 heterocycles. The molecule has 1 aromatic heterocycles. The average molecular weight is 315 g/mol. The Labute approximate surface area is 134 Å². The zero-order valence-corrected chi connectivity index (χ0v) is 13.2. The summed E-state index contributed by atoms with van der Waals surface area (Å²) in [6, 6.07) is 5.55. The van der Waals surface area contributed by atoms with E-state index in [-0.39, 0.29) is 22.9 Å². The third-order valence-electron chi connectivity index (χ3n) is 4.05. The van der Waals surface area contributed by atoms with Gasteiger partial charge in [-0.25, -0.2) is 0 Å². The fourth-order valence-corrected chi connectivity index (χ4v) is 2.68. The number of fused-ring (bicyclic) bond motifs is 1. The monoisotopic (exact) mass is 315 g/mol. The number of nitrogens with two attached hydrogens (primary N) is 1. The van der Waals surface area contributed by atoms with E-state index in [1.807, 2.05) is 16.7 Å². The third-order valence-corrected chi connectivity index (χ3v) is 4.05. The van der Waals surface area contributed by atoms with Crippen LogP contribution >= 0.6 is 0 Å². The van der Waals surface area contributed by atoms with E-state index in [0.29, 0.717) is 24.2 Å². The van der Waals surface area contributed by atoms with Crippen molar-refractivity contribution in [2.75, 3.05) is 19.5 Å². The number of ether oxygens (including phenoxy) is 1. The summed E-state index contributed by atoms with van der Waals surface area (Å²) in [4.78, 5) is 25.1. The first-order valence-corrected chi connectivity index (χ1v) is 7.83. The summed E-state index contributed by atoms with van der Waals surface area (Å²) in [6.45, 7) is 1.26. The van der Waals surface area contributed by atoms with Crippen LogP contribution in [0.25, 0.3) is 10.9 Å². The highest BCUT2D eigenvalue weighted by Crippen LogP contribution is 2.21. The summed E-state index contributed by atoms with van der Waals surface area (Å²) in [5, 5.41) is 3.28. The van der Waals surface area contributed by atoms with Crippen molar-refractivity contribution < 1.29 is 9.53 Å². The quantitative estimate of drug-likeness (QED) is 0.625. The summed E-state index contributed by atoms with van der Waals surface area (Å²) in [6.07, 6.45) is 4.37. The lowest BCUT2D eigenvalue weighted by atomic mass is 10.1. The Morgan fingerprint density at radius 2 is 2.22 bits per heavy atom. The summed E-state index contributed by atoms with van der Waals surface area (Å²) >= 11 is 0. The van der Waals surface area contributed by atoms with Gasteiger partial charge in [0, 0.05) is 38.2 Å². The number of carbonyl (C=O) groups excluding carboxylic acids is 1. The second kappa shape index (κ2) is 6.42. The van der Waals surface area contributed by atoms with Crippen LogP contribution in [0.1, 0.15) is 29.6 Å². The van der Waals surface area contributed by atoms with Crippen molar-refractivity contribution in [2.45, 2.75) is 31.8 Å². The van der Waals surface area contributed by atoms with Crippen LogP contribution in [0.4, 0.5) is 5.69 Å². The Bertz CT molecular complexity index is 794. The first kappa shape index (κ1) is 15.6. The number of aromatic nitrogens is 1. The van der Waals surface area contributed by atoms with Gasteiger partial charge >= 0.3 is 0 Å². The fourth-order valence-electron chi connectivity index (χ4n) is 2.68. The molecule has 1 amide bonds. The maximum atomic E-state index is 12.7. The number of amides is 1. The van der Waals surface area contributed by atoms with Gasteiger partial charge in [0.25, 0.3) is 5.91 Å². The Morgan fingerprint density at radius 3 is 2.91 bits per heavy atom. The zero-order chi connectivity index (χ0) is 16.4. The summed E-state index contributed by atoms with van der Waals surface area (Å²) < 4.78 is 6.99. The molecule has 1 aromatic carbocycles. The van der Waals surface area contributed by atoms with Gasteiger partial charge in [0.05, 0.1) is 10.9 Å². The van der Waals surface area contributed by atoms with E-state index in [1.54, 1.807) is 19.4 Å². The van der Waals surface area contributed by atoms with Crippen LogP contribution in [0.5, 0.6) is 0 Å². The molecule has 3 rings (SSSR count). The SMILES string of the molecule is COCCCn1cc(C(=O)NC2CC2)c(=O)c2c(N)cccc21. The fraction of sp³-hybridized carbons (Fsp3) is 0.412. The van der Waals surface area contributed by atoms with Crippen molar-refractivity contribution in [3.63, 3.8) is 0 Å². The lowest BCUT2D eigenvalue weighted by Gasteiger charge is -2.14. The number of benzene rings is 1. The average Bonchev–Trinajstić information content (AvgIpc) is 3.33. The largest absolute Gasteiger partial charge is 0.398 e. The van der Waals surface area contributed by atoms with Gasteiger partial charge in [-0.2, -0.15) is 0 Å². The highest BCUT2D eigenvalue weighted by Gasteiger charge is 2.26. The van der Waals surface area contributed by atoms with Crippen LogP contribution in [-0.2, 0) is 11.3 Å². The molecule has 0 bridgehead atoms. The Morgan fingerprint density at radius 1 is 1.43 bits per heavy atom. The normalized spacial score (nSPS) is 14.1. The smallest absolute Gasteiger partial charge is 0.256 e. The predicted octanol–water partition coefficient (Wildman–Crippen LogP) is 1.51. The van der Waals surface area contributed by atoms with Crippen molar-refractivity contribution in [3.05, 3.63) is 40.2 Å². The van der Waals surface area contributed by atoms with Gasteiger partial charge < -0.3 is 20.4 Å². The number of nitrogens with one attached hydrogen (secondary N) is 1. The predicted molar refractivity (Wildman–Crippen MR) is 89.6 cm³/mol. The molecule has 6 nitrogen and oxygen atoms in total. The summed E-state index contributed by atoms with van der Waals surface area (Å²) in [5.74, 6) is -0.317. The number of methoxy groups -OCH3 is 1. The first-order chi connectivity index (χ1) is 11.1. The van der Waals surface area contributed by atoms with Crippen LogP contribution in [-0.4, -0.2) is 30.2 Å². The topological polar surface area (TPSA) is 86.3 Å². The van der Waals surface area contributed by atoms with Gasteiger partial charge in [-0.15, -0.1) is 0 Å². The number of hydrogen-bond donors (Lipinski definition) is 2. The summed E-state index contributed by atoms with van der Waals surface area (Å²) in [5.41, 5.74) is 6.98. The summed E-state index contributed by atoms with van der Waals surface area (Å²) in [7, 11) is 1.65. The molecular formula is C17H21N3O3. The number of rotatable bonds is 6. The minimum Gasteiger partial charge on any atom is -0.398 e. The molecule has 0 saturated heterocycles. The van der Waals surface area contributed by atoms with Crippen LogP contribution in [0.3, 0.4) is 0 Å². The van der Waals surface area contributed by atoms with Crippen LogP contribution in [0.2, 0.25) is 0 Å². The minimum absolute atomic E-state index is 0.153. The number of anilines is 1. The van der Waals surface area contributed by atoms with Gasteiger partial charge in [0.15, 0.2) is 0 Å². The molecule has 122 valence electrons. The van der Waals surface area contributed by atoms with Gasteiger partial charge in [-0.3, -0.25) is 9.59 Å². The van der Waals surface area contributed by atoms with Gasteiger partial charge in [-0.1, -0.05) is 6.07 Å². The highest BCUT2D eigenvalue weighted by molar-refractivity contribution is 6.00. The molecule has 0 spiro atoms. The maximum Gasteiger partial charge on any atom is 0.256 e. The lowest BCUT2D eigenvalue weighted by molar-refractivity contribution is 0.0949. The maximum absolute atomic E-state index is 12.7. The molecule has 1 fully saturated rings. The third kappa shape index (κ3) is 3.22. The molecule has 0 radical (unpaired) electrons. The van der Waals surface area contributed by atoms with E-state index in [4.69, 9.17) is 10.5 Å². The molecule has 0 atom stereocenters. The minimum atomic E-state index is -0.317. The van der Waals surface area contributed by atoms with E-state index in [2.05, 4.69) is 5.32 Å². The van der Waals surface area contributed by atoms with E-state index >= 15 is 0 Å². The van der Waals surface area contributed by atoms with Crippen molar-refractivity contribution >= 4 is 22.5 Å². The number of carbonyl (C=O) groups is 1. The lowest BCUT2D eigenvalue weighted by Crippen LogP contribution is -2.31. The number of aryl methyl sites for hydroxylation is 1. The number of pyridine rings is 1. The van der Waals surface area contributed by atoms with Crippen LogP contribution in [0, 0.1) is 0 Å². The molecule has 2 aromatic rings. The second-order valence-electron chi connectivity index (χ2n) is 5.90. The van der Waals surface area contributed by atoms with E-state index in [0.717, 1.165) is 24.8 Å². The molecular weight excluding hydrogens is 294 g/mol. The standard InChI is InChI=1S/C17H21N3O3/c1-23-9-3-8-20-10-12(17(22)19-11-6-7-11)16(21)15-13(18)4-2-5-14(15)20/h2,4-5,10-11H,3,6-9,18H2,1H3,(H,19,22). The van der Waals surface area contributed by atoms with E-state index in [9.17, 15) is 9.59 Å². The molecule has 0 aliphatic heterocycles. The molecule has 6 heteroatoms. The molecule has 3 N–H and O–H groups in total. The Hall–Kier alpha value is -2.34. The number of nitrogen functional groups attached to an aromatic ring is 1. The van der Waals surface area contributed by atoms with Crippen molar-refractivity contribution in [3.8, 4) is 0 Å². The van der Waals surface area contributed by atoms with Crippen LogP contribution in [0.15, 0.2) is 29.2 Å². The van der Waals surface area contributed by atoms with E-state index in [1.165, 1.54) is 0 Å². The molecule has 1 saturated carbocycles. The van der Waals surface area contributed by atoms with Crippen molar-refractivity contribution in [1.82, 2.24) is 9.88 Å². The van der Waals surface area contributed by atoms with Crippen LogP contribution < -0.4 is 16.5 Å². The van der Waals surface area contributed by atoms with Gasteiger partial charge in [0.2, 0.25) is 5.43 Å². The number of hydrogen-bond acceptors (Lipinski definition) is 4. The molecule has 23 heavy (non-hydrogen) atoms. The van der Waals surface area contributed by atoms with E-state index < -0.39 is 0 Å². The first-order valence-electron chi connectivity index (χ1n) is 7.83. The molecule has 0 unspecified atom stereocenters. The molecule has 1 aliphatic rings. The zero-order valence-electron chi connectivity index (χ0n) is 13.2. The molecule has 1 aliphatic carbocycles. The Kier molecular flexibility index (Phi) is 4.34. The highest BCUT2D eigenvalue weighted by atomic mass is 16.5. The van der Waals surface area contributed by atoms with Gasteiger partial charge in [-0.05, 0) is 31.4 Å². The Balaban J connectivity index is 2.08. The number of nitrogens with zero attached hydrogens (tertiary/aromatic N) is 1. The van der Waals surface area contributed by atoms with Crippen molar-refractivity contribution in [1.29, 1.82) is 0 Å².